The highest BCUT2D eigenvalue weighted by molar-refractivity contribution is 5.28. The van der Waals surface area contributed by atoms with E-state index < -0.39 is 0 Å². The molecular weight excluding hydrogens is 258 g/mol. The van der Waals surface area contributed by atoms with Gasteiger partial charge in [0.15, 0.2) is 0 Å². The van der Waals surface area contributed by atoms with E-state index in [2.05, 4.69) is 18.9 Å². The first-order valence-corrected chi connectivity index (χ1v) is 9.04. The Labute approximate surface area is 131 Å². The third-order valence-corrected chi connectivity index (χ3v) is 4.22. The third kappa shape index (κ3) is 8.79. The minimum absolute atomic E-state index is 0.645. The molecule has 0 unspecified atom stereocenters. The molecule has 0 amide bonds. The van der Waals surface area contributed by atoms with Gasteiger partial charge in [0.2, 0.25) is 0 Å². The van der Waals surface area contributed by atoms with Crippen LogP contribution in [0.3, 0.4) is 0 Å². The van der Waals surface area contributed by atoms with Gasteiger partial charge in [0.25, 0.3) is 0 Å². The zero-order valence-corrected chi connectivity index (χ0v) is 14.2. The molecule has 122 valence electrons. The van der Waals surface area contributed by atoms with E-state index in [0.29, 0.717) is 5.82 Å². The molecule has 0 aromatic carbocycles. The highest BCUT2D eigenvalue weighted by Crippen LogP contribution is 2.12. The smallest absolute Gasteiger partial charge is 0.145 e. The molecule has 0 aliphatic carbocycles. The first-order chi connectivity index (χ1) is 10.2. The van der Waals surface area contributed by atoms with Crippen LogP contribution in [0.1, 0.15) is 89.7 Å². The molecule has 0 atom stereocenters. The number of hydrogen-bond acceptors (Lipinski definition) is 2. The molecule has 0 aliphatic heterocycles. The first kappa shape index (κ1) is 18.1. The van der Waals surface area contributed by atoms with Crippen molar-refractivity contribution in [2.75, 3.05) is 5.73 Å². The highest BCUT2D eigenvalue weighted by Gasteiger charge is 2.00. The Balaban J connectivity index is 1.84. The van der Waals surface area contributed by atoms with E-state index in [1.807, 2.05) is 10.7 Å². The second-order valence-corrected chi connectivity index (χ2v) is 6.32. The molecule has 3 heteroatoms. The molecule has 0 aliphatic rings. The van der Waals surface area contributed by atoms with E-state index in [1.54, 1.807) is 0 Å². The molecule has 0 radical (unpaired) electrons. The van der Waals surface area contributed by atoms with Gasteiger partial charge in [0, 0.05) is 18.3 Å². The molecule has 1 rings (SSSR count). The van der Waals surface area contributed by atoms with Crippen molar-refractivity contribution in [3.63, 3.8) is 0 Å². The van der Waals surface area contributed by atoms with Crippen LogP contribution in [0, 0.1) is 6.92 Å². The van der Waals surface area contributed by atoms with Crippen LogP contribution >= 0.6 is 0 Å². The number of anilines is 1. The molecule has 3 nitrogen and oxygen atoms in total. The summed E-state index contributed by atoms with van der Waals surface area (Å²) in [6.07, 6.45) is 16.7. The summed E-state index contributed by atoms with van der Waals surface area (Å²) in [5.74, 6) is 0.645. The van der Waals surface area contributed by atoms with Crippen LogP contribution in [0.5, 0.6) is 0 Å². The maximum Gasteiger partial charge on any atom is 0.145 e. The Hall–Kier alpha value is -0.990. The van der Waals surface area contributed by atoms with Crippen LogP contribution < -0.4 is 5.73 Å². The van der Waals surface area contributed by atoms with E-state index in [0.717, 1.165) is 6.54 Å². The Kier molecular flexibility index (Phi) is 10.0. The van der Waals surface area contributed by atoms with Crippen molar-refractivity contribution in [2.24, 2.45) is 0 Å². The third-order valence-electron chi connectivity index (χ3n) is 4.22. The second-order valence-electron chi connectivity index (χ2n) is 6.32. The summed E-state index contributed by atoms with van der Waals surface area (Å²) < 4.78 is 2.03. The number of aryl methyl sites for hydroxylation is 2. The van der Waals surface area contributed by atoms with Crippen molar-refractivity contribution in [1.29, 1.82) is 0 Å². The molecular formula is C18H35N3. The van der Waals surface area contributed by atoms with Crippen LogP contribution in [0.2, 0.25) is 0 Å². The van der Waals surface area contributed by atoms with Gasteiger partial charge in [-0.15, -0.1) is 0 Å². The number of rotatable bonds is 13. The van der Waals surface area contributed by atoms with E-state index in [-0.39, 0.29) is 0 Å². The summed E-state index contributed by atoms with van der Waals surface area (Å²) in [7, 11) is 0. The Morgan fingerprint density at radius 2 is 1.33 bits per heavy atom. The molecule has 0 saturated carbocycles. The van der Waals surface area contributed by atoms with Gasteiger partial charge in [-0.1, -0.05) is 77.6 Å². The molecule has 1 aromatic rings. The molecule has 21 heavy (non-hydrogen) atoms. The molecule has 1 aromatic heterocycles. The number of nitrogens with two attached hydrogens (primary N) is 1. The minimum atomic E-state index is 0.645. The van der Waals surface area contributed by atoms with Gasteiger partial charge in [0.1, 0.15) is 5.82 Å². The van der Waals surface area contributed by atoms with E-state index in [1.165, 1.54) is 82.7 Å². The largest absolute Gasteiger partial charge is 0.382 e. The molecule has 0 saturated heterocycles. The van der Waals surface area contributed by atoms with E-state index >= 15 is 0 Å². The second kappa shape index (κ2) is 11.6. The van der Waals surface area contributed by atoms with Gasteiger partial charge in [-0.3, -0.25) is 4.68 Å². The Bertz CT molecular complexity index is 357. The van der Waals surface area contributed by atoms with Crippen molar-refractivity contribution >= 4 is 5.82 Å². The monoisotopic (exact) mass is 293 g/mol. The van der Waals surface area contributed by atoms with Gasteiger partial charge >= 0.3 is 0 Å². The quantitative estimate of drug-likeness (QED) is 0.490. The number of unbranched alkanes of at least 4 members (excludes halogenated alkanes) is 11. The average Bonchev–Trinajstić information content (AvgIpc) is 2.78. The topological polar surface area (TPSA) is 43.8 Å². The summed E-state index contributed by atoms with van der Waals surface area (Å²) in [5, 5.41) is 4.29. The van der Waals surface area contributed by atoms with Crippen molar-refractivity contribution in [3.8, 4) is 0 Å². The fraction of sp³-hybridized carbons (Fsp3) is 0.833. The Morgan fingerprint density at radius 1 is 0.857 bits per heavy atom. The predicted molar refractivity (Wildman–Crippen MR) is 92.5 cm³/mol. The molecule has 0 fully saturated rings. The summed E-state index contributed by atoms with van der Waals surface area (Å²) >= 11 is 0. The number of nitrogens with zero attached hydrogens (tertiary/aromatic N) is 2. The van der Waals surface area contributed by atoms with Crippen LogP contribution in [0.4, 0.5) is 5.82 Å². The van der Waals surface area contributed by atoms with Gasteiger partial charge in [0.05, 0.1) is 0 Å². The van der Waals surface area contributed by atoms with Gasteiger partial charge in [-0.25, -0.2) is 0 Å². The zero-order valence-electron chi connectivity index (χ0n) is 14.2. The Morgan fingerprint density at radius 3 is 1.76 bits per heavy atom. The fourth-order valence-electron chi connectivity index (χ4n) is 2.86. The summed E-state index contributed by atoms with van der Waals surface area (Å²) in [4.78, 5) is 0. The summed E-state index contributed by atoms with van der Waals surface area (Å²) in [6.45, 7) is 5.37. The fourth-order valence-corrected chi connectivity index (χ4v) is 2.86. The number of aromatic nitrogens is 2. The van der Waals surface area contributed by atoms with Crippen LogP contribution in [-0.2, 0) is 6.54 Å². The summed E-state index contributed by atoms with van der Waals surface area (Å²) in [5.41, 5.74) is 6.86. The lowest BCUT2D eigenvalue weighted by atomic mass is 10.1. The lowest BCUT2D eigenvalue weighted by Gasteiger charge is -2.05. The van der Waals surface area contributed by atoms with Crippen LogP contribution in [-0.4, -0.2) is 9.78 Å². The lowest BCUT2D eigenvalue weighted by Crippen LogP contribution is -2.02. The summed E-state index contributed by atoms with van der Waals surface area (Å²) in [6, 6.07) is 1.94. The van der Waals surface area contributed by atoms with Crippen molar-refractivity contribution < 1.29 is 0 Å². The van der Waals surface area contributed by atoms with Crippen molar-refractivity contribution in [3.05, 3.63) is 11.8 Å². The van der Waals surface area contributed by atoms with Gasteiger partial charge < -0.3 is 5.73 Å². The maximum absolute atomic E-state index is 5.68. The molecule has 0 spiro atoms. The van der Waals surface area contributed by atoms with Crippen molar-refractivity contribution in [2.45, 2.75) is 97.4 Å². The number of hydrogen-bond donors (Lipinski definition) is 1. The lowest BCUT2D eigenvalue weighted by molar-refractivity contribution is 0.508. The standard InChI is InChI=1S/C18H35N3/c1-3-4-5-6-7-8-9-10-11-12-13-14-15-21-17(2)16-18(19)20-21/h16H,3-15H2,1-2H3,(H2,19,20). The molecule has 1 heterocycles. The normalized spacial score (nSPS) is 11.1. The van der Waals surface area contributed by atoms with Crippen LogP contribution in [0.15, 0.2) is 6.07 Å². The minimum Gasteiger partial charge on any atom is -0.382 e. The van der Waals surface area contributed by atoms with Crippen LogP contribution in [0.25, 0.3) is 0 Å². The SMILES string of the molecule is CCCCCCCCCCCCCCn1nc(N)cc1C. The predicted octanol–water partition coefficient (Wildman–Crippen LogP) is 5.47. The van der Waals surface area contributed by atoms with Gasteiger partial charge in [-0.2, -0.15) is 5.10 Å². The highest BCUT2D eigenvalue weighted by atomic mass is 15.3. The number of nitrogen functional groups attached to an aromatic ring is 1. The van der Waals surface area contributed by atoms with E-state index in [9.17, 15) is 0 Å². The van der Waals surface area contributed by atoms with E-state index in [4.69, 9.17) is 5.73 Å². The molecule has 0 bridgehead atoms. The molecule has 2 N–H and O–H groups in total. The van der Waals surface area contributed by atoms with Gasteiger partial charge in [-0.05, 0) is 13.3 Å². The zero-order chi connectivity index (χ0) is 15.3. The van der Waals surface area contributed by atoms with Crippen molar-refractivity contribution in [1.82, 2.24) is 9.78 Å². The maximum atomic E-state index is 5.68. The first-order valence-electron chi connectivity index (χ1n) is 9.04. The average molecular weight is 293 g/mol.